The first-order valence-corrected chi connectivity index (χ1v) is 17.1. The number of carbonyl (C=O) groups is 6. The highest BCUT2D eigenvalue weighted by molar-refractivity contribution is 5.95. The minimum absolute atomic E-state index is 0.00695. The average Bonchev–Trinajstić information content (AvgIpc) is 3.54. The van der Waals surface area contributed by atoms with Crippen LogP contribution in [-0.2, 0) is 35.2 Å². The van der Waals surface area contributed by atoms with Gasteiger partial charge < -0.3 is 48.5 Å². The molecule has 50 heavy (non-hydrogen) atoms. The number of carbonyl (C=O) groups excluding carboxylic acids is 5. The molecule has 278 valence electrons. The lowest BCUT2D eigenvalue weighted by atomic mass is 9.99. The second-order valence-electron chi connectivity index (χ2n) is 13.5. The van der Waals surface area contributed by atoms with Gasteiger partial charge in [0.15, 0.2) is 5.96 Å². The van der Waals surface area contributed by atoms with E-state index in [-0.39, 0.29) is 50.1 Å². The minimum Gasteiger partial charge on any atom is -0.480 e. The van der Waals surface area contributed by atoms with E-state index in [2.05, 4.69) is 26.3 Å². The van der Waals surface area contributed by atoms with Crippen LogP contribution in [0.2, 0.25) is 0 Å². The van der Waals surface area contributed by atoms with Crippen molar-refractivity contribution in [3.8, 4) is 0 Å². The Morgan fingerprint density at radius 3 is 2.06 bits per heavy atom. The number of aliphatic carboxylic acids is 1. The molecule has 0 bridgehead atoms. The van der Waals surface area contributed by atoms with Crippen molar-refractivity contribution in [1.82, 2.24) is 26.2 Å². The fraction of sp³-hybridized carbons (Fsp3) is 0.618. The van der Waals surface area contributed by atoms with Gasteiger partial charge in [0.1, 0.15) is 24.2 Å². The first-order valence-electron chi connectivity index (χ1n) is 17.1. The average molecular weight is 702 g/mol. The molecule has 0 aliphatic carbocycles. The molecule has 0 radical (unpaired) electrons. The van der Waals surface area contributed by atoms with Gasteiger partial charge >= 0.3 is 5.97 Å². The third-order valence-electron chi connectivity index (χ3n) is 8.16. The van der Waals surface area contributed by atoms with Crippen LogP contribution in [0.1, 0.15) is 71.8 Å². The monoisotopic (exact) mass is 701 g/mol. The summed E-state index contributed by atoms with van der Waals surface area (Å²) in [6, 6.07) is 4.34. The first kappa shape index (κ1) is 41.4. The fourth-order valence-electron chi connectivity index (χ4n) is 5.67. The Hall–Kier alpha value is -4.73. The third kappa shape index (κ3) is 14.4. The third-order valence-corrected chi connectivity index (χ3v) is 8.16. The summed E-state index contributed by atoms with van der Waals surface area (Å²) in [5, 5.41) is 20.2. The number of guanidine groups is 1. The maximum absolute atomic E-state index is 13.5. The number of nitrogens with two attached hydrogens (primary N) is 3. The first-order chi connectivity index (χ1) is 23.6. The lowest BCUT2D eigenvalue weighted by Gasteiger charge is -2.27. The summed E-state index contributed by atoms with van der Waals surface area (Å²) in [4.78, 5) is 82.9. The predicted octanol–water partition coefficient (Wildman–Crippen LogP) is -0.652. The van der Waals surface area contributed by atoms with Crippen LogP contribution in [0.25, 0.3) is 0 Å². The molecule has 16 heteroatoms. The van der Waals surface area contributed by atoms with Gasteiger partial charge in [-0.2, -0.15) is 0 Å². The molecule has 5 atom stereocenters. The normalized spacial score (nSPS) is 16.5. The number of benzene rings is 1. The molecule has 0 saturated carbocycles. The Balaban J connectivity index is 2.02. The summed E-state index contributed by atoms with van der Waals surface area (Å²) in [7, 11) is 0. The second kappa shape index (κ2) is 20.7. The molecule has 1 heterocycles. The summed E-state index contributed by atoms with van der Waals surface area (Å²) in [6.45, 7) is 7.59. The van der Waals surface area contributed by atoms with Gasteiger partial charge in [0.25, 0.3) is 0 Å². The zero-order chi connectivity index (χ0) is 37.4. The van der Waals surface area contributed by atoms with Gasteiger partial charge in [-0.3, -0.25) is 29.0 Å². The smallest absolute Gasteiger partial charge is 0.326 e. The summed E-state index contributed by atoms with van der Waals surface area (Å²) < 4.78 is 0. The van der Waals surface area contributed by atoms with Gasteiger partial charge in [-0.1, -0.05) is 58.0 Å². The lowest BCUT2D eigenvalue weighted by molar-refractivity contribution is -0.144. The Labute approximate surface area is 293 Å². The molecule has 5 amide bonds. The van der Waals surface area contributed by atoms with E-state index in [4.69, 9.17) is 17.2 Å². The SMILES string of the molecule is CC(C)C[C@H](NC(=O)[C@H](CC(C)C)NC(=O)[C@@H](N)Cc1ccccc1)C(=O)NCC(=O)N1CCC[C@H]1C(=O)N[C@@H](CCCN=C(N)N)C(=O)O. The molecular weight excluding hydrogens is 646 g/mol. The number of hydrogen-bond acceptors (Lipinski definition) is 8. The zero-order valence-electron chi connectivity index (χ0n) is 29.5. The number of nitrogens with zero attached hydrogens (tertiary/aromatic N) is 2. The molecule has 1 aromatic rings. The molecule has 11 N–H and O–H groups in total. The van der Waals surface area contributed by atoms with Gasteiger partial charge in [0.2, 0.25) is 29.5 Å². The van der Waals surface area contributed by atoms with Gasteiger partial charge in [-0.25, -0.2) is 4.79 Å². The zero-order valence-corrected chi connectivity index (χ0v) is 29.5. The van der Waals surface area contributed by atoms with Gasteiger partial charge in [0, 0.05) is 13.1 Å². The van der Waals surface area contributed by atoms with Gasteiger partial charge in [0.05, 0.1) is 12.6 Å². The van der Waals surface area contributed by atoms with Crippen LogP contribution in [-0.4, -0.2) is 101 Å². The highest BCUT2D eigenvalue weighted by atomic mass is 16.4. The summed E-state index contributed by atoms with van der Waals surface area (Å²) in [6.07, 6.45) is 2.10. The fourth-order valence-corrected chi connectivity index (χ4v) is 5.67. The molecular formula is C34H55N9O7. The van der Waals surface area contributed by atoms with Gasteiger partial charge in [-0.15, -0.1) is 0 Å². The van der Waals surface area contributed by atoms with Gasteiger partial charge in [-0.05, 0) is 62.3 Å². The highest BCUT2D eigenvalue weighted by Gasteiger charge is 2.36. The number of carboxylic acids is 1. The van der Waals surface area contributed by atoms with E-state index in [1.54, 1.807) is 0 Å². The van der Waals surface area contributed by atoms with E-state index in [1.165, 1.54) is 4.90 Å². The van der Waals surface area contributed by atoms with Crippen molar-refractivity contribution in [1.29, 1.82) is 0 Å². The second-order valence-corrected chi connectivity index (χ2v) is 13.5. The van der Waals surface area contributed by atoms with E-state index >= 15 is 0 Å². The molecule has 0 unspecified atom stereocenters. The number of carboxylic acid groups (broad SMARTS) is 1. The molecule has 2 rings (SSSR count). The van der Waals surface area contributed by atoms with E-state index < -0.39 is 72.3 Å². The van der Waals surface area contributed by atoms with E-state index in [0.29, 0.717) is 25.7 Å². The number of hydrogen-bond donors (Lipinski definition) is 8. The van der Waals surface area contributed by atoms with Crippen molar-refractivity contribution in [3.63, 3.8) is 0 Å². The van der Waals surface area contributed by atoms with Crippen molar-refractivity contribution in [2.45, 2.75) is 103 Å². The number of aliphatic imine (C=N–C) groups is 1. The minimum atomic E-state index is -1.23. The quantitative estimate of drug-likeness (QED) is 0.0484. The van der Waals surface area contributed by atoms with Crippen LogP contribution < -0.4 is 38.5 Å². The Morgan fingerprint density at radius 2 is 1.48 bits per heavy atom. The summed E-state index contributed by atoms with van der Waals surface area (Å²) >= 11 is 0. The molecule has 16 nitrogen and oxygen atoms in total. The van der Waals surface area contributed by atoms with Crippen LogP contribution in [0.5, 0.6) is 0 Å². The highest BCUT2D eigenvalue weighted by Crippen LogP contribution is 2.18. The Morgan fingerprint density at radius 1 is 0.880 bits per heavy atom. The van der Waals surface area contributed by atoms with E-state index in [9.17, 15) is 33.9 Å². The van der Waals surface area contributed by atoms with E-state index in [1.807, 2.05) is 58.0 Å². The summed E-state index contributed by atoms with van der Waals surface area (Å²) in [5.41, 5.74) is 17.6. The largest absolute Gasteiger partial charge is 0.480 e. The number of rotatable bonds is 20. The van der Waals surface area contributed by atoms with Crippen molar-refractivity contribution in [2.75, 3.05) is 19.6 Å². The molecule has 1 aromatic carbocycles. The molecule has 1 aliphatic heterocycles. The van der Waals surface area contributed by atoms with E-state index in [0.717, 1.165) is 5.56 Å². The standard InChI is InChI=1S/C34H55N9O7/c1-20(2)16-25(42-31(47)26(17-21(3)4)41-29(45)23(35)18-22-10-6-5-7-11-22)30(46)39-19-28(44)43-15-9-13-27(43)32(48)40-24(33(49)50)12-8-14-38-34(36)37/h5-7,10-11,20-21,23-27H,8-9,12-19,35H2,1-4H3,(H,39,46)(H,40,48)(H,41,45)(H,42,47)(H,49,50)(H4,36,37,38)/t23-,24-,25-,26-,27-/m0/s1. The maximum atomic E-state index is 13.5. The van der Waals surface area contributed by atoms with Crippen LogP contribution in [0.15, 0.2) is 35.3 Å². The van der Waals surface area contributed by atoms with Crippen LogP contribution in [0.3, 0.4) is 0 Å². The van der Waals surface area contributed by atoms with Crippen molar-refractivity contribution in [2.24, 2.45) is 34.0 Å². The topological polar surface area (TPSA) is 264 Å². The Bertz CT molecular complexity index is 1340. The molecule has 1 fully saturated rings. The molecule has 1 aliphatic rings. The molecule has 0 spiro atoms. The van der Waals surface area contributed by atoms with Crippen molar-refractivity contribution < 1.29 is 33.9 Å². The summed E-state index contributed by atoms with van der Waals surface area (Å²) in [5.74, 6) is -4.09. The van der Waals surface area contributed by atoms with Crippen LogP contribution in [0.4, 0.5) is 0 Å². The maximum Gasteiger partial charge on any atom is 0.326 e. The van der Waals surface area contributed by atoms with Crippen molar-refractivity contribution in [3.05, 3.63) is 35.9 Å². The van der Waals surface area contributed by atoms with Crippen molar-refractivity contribution >= 4 is 41.5 Å². The lowest BCUT2D eigenvalue weighted by Crippen LogP contribution is -2.57. The Kier molecular flexibility index (Phi) is 17.2. The van der Waals surface area contributed by atoms with Crippen LogP contribution >= 0.6 is 0 Å². The number of likely N-dealkylation sites (tertiary alicyclic amines) is 1. The van der Waals surface area contributed by atoms with Crippen LogP contribution in [0, 0.1) is 11.8 Å². The number of amides is 5. The molecule has 1 saturated heterocycles. The number of nitrogens with one attached hydrogen (secondary N) is 4. The predicted molar refractivity (Wildman–Crippen MR) is 188 cm³/mol. The molecule has 0 aromatic heterocycles.